The minimum atomic E-state index is 0.184. The van der Waals surface area contributed by atoms with Crippen LogP contribution < -0.4 is 5.73 Å². The third-order valence-corrected chi connectivity index (χ3v) is 4.28. The quantitative estimate of drug-likeness (QED) is 0.834. The number of carbonyl (C=O) groups excluding carboxylic acids is 1. The van der Waals surface area contributed by atoms with E-state index in [9.17, 15) is 4.79 Å². The molecule has 1 aromatic rings. The molecule has 0 amide bonds. The number of aromatic nitrogens is 1. The summed E-state index contributed by atoms with van der Waals surface area (Å²) in [7, 11) is 0. The molecule has 1 aliphatic rings. The summed E-state index contributed by atoms with van der Waals surface area (Å²) in [4.78, 5) is 16.6. The maximum absolute atomic E-state index is 12.5. The van der Waals surface area contributed by atoms with Crippen molar-refractivity contribution in [2.45, 2.75) is 39.7 Å². The maximum atomic E-state index is 12.5. The van der Waals surface area contributed by atoms with Gasteiger partial charge in [0.1, 0.15) is 0 Å². The summed E-state index contributed by atoms with van der Waals surface area (Å²) in [6, 6.07) is 3.65. The van der Waals surface area contributed by atoms with Crippen LogP contribution in [0.3, 0.4) is 0 Å². The first-order valence-corrected chi connectivity index (χ1v) is 6.81. The van der Waals surface area contributed by atoms with E-state index in [4.69, 9.17) is 5.73 Å². The summed E-state index contributed by atoms with van der Waals surface area (Å²) in [6.45, 7) is 4.92. The number of carbonyl (C=O) groups is 1. The Labute approximate surface area is 109 Å². The highest BCUT2D eigenvalue weighted by atomic mass is 16.1. The lowest BCUT2D eigenvalue weighted by molar-refractivity contribution is 0.0837. The second-order valence-corrected chi connectivity index (χ2v) is 5.57. The van der Waals surface area contributed by atoms with Crippen LogP contribution in [-0.2, 0) is 6.54 Å². The Bertz CT molecular complexity index is 430. The molecule has 3 nitrogen and oxygen atoms in total. The first-order valence-electron chi connectivity index (χ1n) is 6.81. The molecule has 3 unspecified atom stereocenters. The lowest BCUT2D eigenvalue weighted by Crippen LogP contribution is -2.26. The van der Waals surface area contributed by atoms with Crippen molar-refractivity contribution in [3.63, 3.8) is 0 Å². The van der Waals surface area contributed by atoms with Gasteiger partial charge in [0.15, 0.2) is 5.78 Å². The van der Waals surface area contributed by atoms with Gasteiger partial charge in [-0.25, -0.2) is 0 Å². The van der Waals surface area contributed by atoms with Crippen LogP contribution in [0.15, 0.2) is 18.3 Å². The van der Waals surface area contributed by atoms with Gasteiger partial charge < -0.3 is 5.73 Å². The summed E-state index contributed by atoms with van der Waals surface area (Å²) in [5.74, 6) is 1.84. The molecule has 0 aliphatic heterocycles. The van der Waals surface area contributed by atoms with Crippen LogP contribution >= 0.6 is 0 Å². The predicted octanol–water partition coefficient (Wildman–Crippen LogP) is 2.80. The van der Waals surface area contributed by atoms with Crippen LogP contribution in [0, 0.1) is 17.8 Å². The van der Waals surface area contributed by atoms with Gasteiger partial charge in [0.2, 0.25) is 0 Å². The number of nitrogens with two attached hydrogens (primary N) is 1. The predicted molar refractivity (Wildman–Crippen MR) is 72.1 cm³/mol. The number of pyridine rings is 1. The molecule has 0 saturated heterocycles. The summed E-state index contributed by atoms with van der Waals surface area (Å²) in [5, 5.41) is 0. The second-order valence-electron chi connectivity index (χ2n) is 5.57. The third kappa shape index (κ3) is 2.78. The van der Waals surface area contributed by atoms with Crippen molar-refractivity contribution in [3.8, 4) is 0 Å². The Kier molecular flexibility index (Phi) is 4.12. The fraction of sp³-hybridized carbons (Fsp3) is 0.600. The number of ketones is 1. The highest BCUT2D eigenvalue weighted by molar-refractivity contribution is 5.97. The van der Waals surface area contributed by atoms with Crippen molar-refractivity contribution in [1.29, 1.82) is 0 Å². The average Bonchev–Trinajstić information content (AvgIpc) is 2.41. The molecule has 0 bridgehead atoms. The normalized spacial score (nSPS) is 28.1. The zero-order valence-electron chi connectivity index (χ0n) is 11.2. The topological polar surface area (TPSA) is 56.0 Å². The minimum absolute atomic E-state index is 0.184. The smallest absolute Gasteiger partial charge is 0.166 e. The average molecular weight is 246 g/mol. The fourth-order valence-electron chi connectivity index (χ4n) is 2.76. The Balaban J connectivity index is 2.11. The van der Waals surface area contributed by atoms with E-state index in [0.717, 1.165) is 36.4 Å². The summed E-state index contributed by atoms with van der Waals surface area (Å²) in [5.41, 5.74) is 7.13. The van der Waals surface area contributed by atoms with Crippen molar-refractivity contribution in [1.82, 2.24) is 4.98 Å². The molecule has 3 atom stereocenters. The van der Waals surface area contributed by atoms with Gasteiger partial charge in [0.25, 0.3) is 0 Å². The van der Waals surface area contributed by atoms with Crippen molar-refractivity contribution in [2.75, 3.05) is 0 Å². The van der Waals surface area contributed by atoms with E-state index < -0.39 is 0 Å². The number of nitrogens with zero attached hydrogens (tertiary/aromatic N) is 1. The van der Waals surface area contributed by atoms with E-state index in [1.54, 1.807) is 6.20 Å². The number of hydrogen-bond acceptors (Lipinski definition) is 3. The van der Waals surface area contributed by atoms with Crippen LogP contribution in [0.25, 0.3) is 0 Å². The molecule has 1 saturated carbocycles. The van der Waals surface area contributed by atoms with Gasteiger partial charge in [-0.2, -0.15) is 0 Å². The lowest BCUT2D eigenvalue weighted by atomic mass is 9.73. The zero-order chi connectivity index (χ0) is 13.1. The van der Waals surface area contributed by atoms with Gasteiger partial charge in [-0.3, -0.25) is 9.78 Å². The van der Waals surface area contributed by atoms with E-state index in [2.05, 4.69) is 18.8 Å². The molecule has 0 aromatic carbocycles. The highest BCUT2D eigenvalue weighted by Gasteiger charge is 2.29. The molecule has 98 valence electrons. The van der Waals surface area contributed by atoms with Gasteiger partial charge in [0.05, 0.1) is 5.69 Å². The van der Waals surface area contributed by atoms with Gasteiger partial charge in [0, 0.05) is 24.2 Å². The van der Waals surface area contributed by atoms with E-state index in [-0.39, 0.29) is 11.7 Å². The fourth-order valence-corrected chi connectivity index (χ4v) is 2.76. The van der Waals surface area contributed by atoms with Crippen molar-refractivity contribution in [2.24, 2.45) is 23.5 Å². The van der Waals surface area contributed by atoms with Crippen LogP contribution in [0.4, 0.5) is 0 Å². The molecule has 3 heteroatoms. The standard InChI is InChI=1S/C15H22N2O/c1-10-3-4-12(7-11(10)2)15(18)13-5-6-17-14(8-13)9-16/h5-6,8,10-12H,3-4,7,9,16H2,1-2H3. The molecule has 18 heavy (non-hydrogen) atoms. The van der Waals surface area contributed by atoms with E-state index in [0.29, 0.717) is 12.5 Å². The zero-order valence-corrected chi connectivity index (χ0v) is 11.2. The van der Waals surface area contributed by atoms with Gasteiger partial charge in [-0.15, -0.1) is 0 Å². The monoisotopic (exact) mass is 246 g/mol. The number of hydrogen-bond donors (Lipinski definition) is 1. The Morgan fingerprint density at radius 2 is 2.17 bits per heavy atom. The molecule has 2 rings (SSSR count). The Morgan fingerprint density at radius 3 is 2.83 bits per heavy atom. The van der Waals surface area contributed by atoms with Gasteiger partial charge >= 0.3 is 0 Å². The van der Waals surface area contributed by atoms with E-state index >= 15 is 0 Å². The first kappa shape index (κ1) is 13.2. The van der Waals surface area contributed by atoms with Gasteiger partial charge in [-0.1, -0.05) is 13.8 Å². The SMILES string of the molecule is CC1CCC(C(=O)c2ccnc(CN)c2)CC1C. The molecular weight excluding hydrogens is 224 g/mol. The lowest BCUT2D eigenvalue weighted by Gasteiger charge is -2.31. The summed E-state index contributed by atoms with van der Waals surface area (Å²) in [6.07, 6.45) is 4.88. The van der Waals surface area contributed by atoms with Crippen molar-refractivity contribution in [3.05, 3.63) is 29.6 Å². The number of rotatable bonds is 3. The largest absolute Gasteiger partial charge is 0.325 e. The number of Topliss-reactive ketones (excluding diaryl/α,β-unsaturated/α-hetero) is 1. The molecule has 0 radical (unpaired) electrons. The molecule has 0 spiro atoms. The van der Waals surface area contributed by atoms with Crippen LogP contribution in [0.2, 0.25) is 0 Å². The van der Waals surface area contributed by atoms with Gasteiger partial charge in [-0.05, 0) is 43.2 Å². The highest BCUT2D eigenvalue weighted by Crippen LogP contribution is 2.34. The molecular formula is C15H22N2O. The second kappa shape index (κ2) is 5.61. The maximum Gasteiger partial charge on any atom is 0.166 e. The third-order valence-electron chi connectivity index (χ3n) is 4.28. The van der Waals surface area contributed by atoms with Crippen molar-refractivity contribution >= 4 is 5.78 Å². The van der Waals surface area contributed by atoms with E-state index in [1.165, 1.54) is 0 Å². The van der Waals surface area contributed by atoms with Crippen LogP contribution in [0.5, 0.6) is 0 Å². The molecule has 1 heterocycles. The Hall–Kier alpha value is -1.22. The molecule has 1 fully saturated rings. The van der Waals surface area contributed by atoms with E-state index in [1.807, 2.05) is 12.1 Å². The Morgan fingerprint density at radius 1 is 1.39 bits per heavy atom. The molecule has 2 N–H and O–H groups in total. The minimum Gasteiger partial charge on any atom is -0.325 e. The van der Waals surface area contributed by atoms with Crippen LogP contribution in [0.1, 0.15) is 49.2 Å². The summed E-state index contributed by atoms with van der Waals surface area (Å²) < 4.78 is 0. The van der Waals surface area contributed by atoms with Crippen molar-refractivity contribution < 1.29 is 4.79 Å². The molecule has 1 aromatic heterocycles. The molecule has 1 aliphatic carbocycles. The summed E-state index contributed by atoms with van der Waals surface area (Å²) >= 11 is 0. The first-order chi connectivity index (χ1) is 8.61. The van der Waals surface area contributed by atoms with Crippen LogP contribution in [-0.4, -0.2) is 10.8 Å².